The van der Waals surface area contributed by atoms with Gasteiger partial charge in [-0.15, -0.1) is 11.6 Å². The summed E-state index contributed by atoms with van der Waals surface area (Å²) in [6, 6.07) is 22.2. The molecule has 0 N–H and O–H groups in total. The van der Waals surface area contributed by atoms with E-state index in [0.717, 1.165) is 13.0 Å². The van der Waals surface area contributed by atoms with Crippen molar-refractivity contribution in [3.8, 4) is 0 Å². The van der Waals surface area contributed by atoms with Gasteiger partial charge in [0, 0.05) is 34.2 Å². The van der Waals surface area contributed by atoms with Gasteiger partial charge >= 0.3 is 0 Å². The highest BCUT2D eigenvalue weighted by Gasteiger charge is 2.11. The van der Waals surface area contributed by atoms with Crippen LogP contribution >= 0.6 is 11.6 Å². The van der Waals surface area contributed by atoms with Crippen LogP contribution in [-0.2, 0) is 13.0 Å². The molecule has 1 nitrogen and oxygen atoms in total. The number of aromatic nitrogens is 1. The van der Waals surface area contributed by atoms with Crippen molar-refractivity contribution in [1.29, 1.82) is 0 Å². The Morgan fingerprint density at radius 2 is 1.64 bits per heavy atom. The number of benzene rings is 3. The maximum atomic E-state index is 6.04. The standard InChI is InChI=1S/C23H22ClN/c1-16-7-9-19(17(2)13-16)14-18-8-10-23-21(15-18)20-5-3-4-6-22(20)25(23)12-11-24/h3-10,13,15H,11-12,14H2,1-2H3. The topological polar surface area (TPSA) is 4.93 Å². The fourth-order valence-corrected chi connectivity index (χ4v) is 3.97. The zero-order valence-electron chi connectivity index (χ0n) is 14.7. The van der Waals surface area contributed by atoms with Gasteiger partial charge in [-0.2, -0.15) is 0 Å². The van der Waals surface area contributed by atoms with Gasteiger partial charge in [-0.05, 0) is 55.2 Å². The Morgan fingerprint density at radius 3 is 2.44 bits per heavy atom. The number of hydrogen-bond donors (Lipinski definition) is 0. The second kappa shape index (κ2) is 6.57. The van der Waals surface area contributed by atoms with E-state index in [-0.39, 0.29) is 0 Å². The molecule has 2 heteroatoms. The molecule has 0 aliphatic carbocycles. The molecule has 0 saturated heterocycles. The molecular weight excluding hydrogens is 326 g/mol. The maximum Gasteiger partial charge on any atom is 0.0491 e. The van der Waals surface area contributed by atoms with E-state index in [1.54, 1.807) is 0 Å². The highest BCUT2D eigenvalue weighted by molar-refractivity contribution is 6.18. The lowest BCUT2D eigenvalue weighted by Crippen LogP contribution is -1.98. The largest absolute Gasteiger partial charge is 0.339 e. The van der Waals surface area contributed by atoms with Crippen LogP contribution in [0, 0.1) is 13.8 Å². The molecule has 0 radical (unpaired) electrons. The van der Waals surface area contributed by atoms with Crippen molar-refractivity contribution >= 4 is 33.4 Å². The first kappa shape index (κ1) is 16.2. The van der Waals surface area contributed by atoms with E-state index in [4.69, 9.17) is 11.6 Å². The average Bonchev–Trinajstić information content (AvgIpc) is 2.92. The van der Waals surface area contributed by atoms with E-state index in [0.29, 0.717) is 5.88 Å². The SMILES string of the molecule is Cc1ccc(Cc2ccc3c(c2)c2ccccc2n3CCCl)c(C)c1. The van der Waals surface area contributed by atoms with Crippen molar-refractivity contribution in [2.24, 2.45) is 0 Å². The lowest BCUT2D eigenvalue weighted by Gasteiger charge is -2.08. The third-order valence-corrected chi connectivity index (χ3v) is 5.21. The van der Waals surface area contributed by atoms with Gasteiger partial charge in [0.15, 0.2) is 0 Å². The summed E-state index contributed by atoms with van der Waals surface area (Å²) in [5, 5.41) is 2.63. The minimum atomic E-state index is 0.623. The Labute approximate surface area is 153 Å². The van der Waals surface area contributed by atoms with Gasteiger partial charge in [-0.3, -0.25) is 0 Å². The van der Waals surface area contributed by atoms with E-state index in [9.17, 15) is 0 Å². The summed E-state index contributed by atoms with van der Waals surface area (Å²) in [5.74, 6) is 0.623. The normalized spacial score (nSPS) is 11.5. The number of para-hydroxylation sites is 1. The molecule has 1 heterocycles. The second-order valence-corrected chi connectivity index (χ2v) is 7.19. The molecule has 0 aliphatic rings. The number of rotatable bonds is 4. The smallest absolute Gasteiger partial charge is 0.0491 e. The maximum absolute atomic E-state index is 6.04. The lowest BCUT2D eigenvalue weighted by atomic mass is 9.98. The first-order valence-corrected chi connectivity index (χ1v) is 9.33. The molecule has 0 fully saturated rings. The molecule has 4 aromatic rings. The molecule has 0 spiro atoms. The molecule has 0 aliphatic heterocycles. The summed E-state index contributed by atoms with van der Waals surface area (Å²) >= 11 is 6.04. The van der Waals surface area contributed by atoms with Crippen molar-refractivity contribution in [2.75, 3.05) is 5.88 Å². The van der Waals surface area contributed by atoms with Crippen molar-refractivity contribution in [1.82, 2.24) is 4.57 Å². The van der Waals surface area contributed by atoms with Gasteiger partial charge in [-0.1, -0.05) is 48.0 Å². The molecule has 0 amide bonds. The molecule has 3 aromatic carbocycles. The Balaban J connectivity index is 1.83. The van der Waals surface area contributed by atoms with E-state index in [1.165, 1.54) is 44.1 Å². The number of nitrogens with zero attached hydrogens (tertiary/aromatic N) is 1. The average molecular weight is 348 g/mol. The first-order valence-electron chi connectivity index (χ1n) is 8.79. The Morgan fingerprint density at radius 1 is 0.840 bits per heavy atom. The zero-order valence-corrected chi connectivity index (χ0v) is 15.5. The Bertz CT molecular complexity index is 1060. The molecular formula is C23H22ClN. The number of halogens is 1. The number of hydrogen-bond acceptors (Lipinski definition) is 0. The predicted octanol–water partition coefficient (Wildman–Crippen LogP) is 6.24. The van der Waals surface area contributed by atoms with Crippen molar-refractivity contribution in [3.63, 3.8) is 0 Å². The van der Waals surface area contributed by atoms with E-state index in [2.05, 4.69) is 79.1 Å². The van der Waals surface area contributed by atoms with Crippen LogP contribution in [0.1, 0.15) is 22.3 Å². The molecule has 0 bridgehead atoms. The number of alkyl halides is 1. The summed E-state index contributed by atoms with van der Waals surface area (Å²) in [5.41, 5.74) is 7.97. The Hall–Kier alpha value is -2.25. The van der Waals surface area contributed by atoms with Crippen LogP contribution < -0.4 is 0 Å². The highest BCUT2D eigenvalue weighted by Crippen LogP contribution is 2.30. The van der Waals surface area contributed by atoms with Gasteiger partial charge in [0.05, 0.1) is 0 Å². The van der Waals surface area contributed by atoms with Crippen LogP contribution in [-0.4, -0.2) is 10.4 Å². The molecule has 0 atom stereocenters. The summed E-state index contributed by atoms with van der Waals surface area (Å²) in [6.45, 7) is 5.18. The fraction of sp³-hybridized carbons (Fsp3) is 0.217. The molecule has 126 valence electrons. The zero-order chi connectivity index (χ0) is 17.4. The molecule has 0 unspecified atom stereocenters. The van der Waals surface area contributed by atoms with Crippen molar-refractivity contribution in [3.05, 3.63) is 82.9 Å². The van der Waals surface area contributed by atoms with Crippen molar-refractivity contribution < 1.29 is 0 Å². The lowest BCUT2D eigenvalue weighted by molar-refractivity contribution is 0.833. The van der Waals surface area contributed by atoms with E-state index in [1.807, 2.05) is 0 Å². The molecule has 1 aromatic heterocycles. The van der Waals surface area contributed by atoms with Crippen LogP contribution in [0.2, 0.25) is 0 Å². The fourth-order valence-electron chi connectivity index (χ4n) is 3.80. The van der Waals surface area contributed by atoms with E-state index >= 15 is 0 Å². The van der Waals surface area contributed by atoms with Crippen molar-refractivity contribution in [2.45, 2.75) is 26.8 Å². The molecule has 25 heavy (non-hydrogen) atoms. The predicted molar refractivity (Wildman–Crippen MR) is 109 cm³/mol. The third-order valence-electron chi connectivity index (χ3n) is 5.04. The monoisotopic (exact) mass is 347 g/mol. The second-order valence-electron chi connectivity index (χ2n) is 6.82. The minimum Gasteiger partial charge on any atom is -0.339 e. The quantitative estimate of drug-likeness (QED) is 0.385. The van der Waals surface area contributed by atoms with Gasteiger partial charge in [-0.25, -0.2) is 0 Å². The summed E-state index contributed by atoms with van der Waals surface area (Å²) in [7, 11) is 0. The van der Waals surface area contributed by atoms with Crippen LogP contribution in [0.5, 0.6) is 0 Å². The first-order chi connectivity index (χ1) is 12.2. The van der Waals surface area contributed by atoms with Crippen LogP contribution in [0.25, 0.3) is 21.8 Å². The number of aryl methyl sites for hydroxylation is 3. The summed E-state index contributed by atoms with van der Waals surface area (Å²) in [4.78, 5) is 0. The number of fused-ring (bicyclic) bond motifs is 3. The van der Waals surface area contributed by atoms with Crippen LogP contribution in [0.4, 0.5) is 0 Å². The van der Waals surface area contributed by atoms with Crippen LogP contribution in [0.3, 0.4) is 0 Å². The van der Waals surface area contributed by atoms with Gasteiger partial charge in [0.2, 0.25) is 0 Å². The summed E-state index contributed by atoms with van der Waals surface area (Å²) in [6.07, 6.45) is 0.969. The van der Waals surface area contributed by atoms with Gasteiger partial charge < -0.3 is 4.57 Å². The molecule has 0 saturated carbocycles. The Kier molecular flexibility index (Phi) is 4.27. The molecule has 4 rings (SSSR count). The highest BCUT2D eigenvalue weighted by atomic mass is 35.5. The van der Waals surface area contributed by atoms with Crippen LogP contribution in [0.15, 0.2) is 60.7 Å². The third kappa shape index (κ3) is 2.94. The van der Waals surface area contributed by atoms with Gasteiger partial charge in [0.1, 0.15) is 0 Å². The van der Waals surface area contributed by atoms with Gasteiger partial charge in [0.25, 0.3) is 0 Å². The summed E-state index contributed by atoms with van der Waals surface area (Å²) < 4.78 is 2.33. The van der Waals surface area contributed by atoms with E-state index < -0.39 is 0 Å². The minimum absolute atomic E-state index is 0.623.